The van der Waals surface area contributed by atoms with Crippen LogP contribution in [0.1, 0.15) is 50.2 Å². The highest BCUT2D eigenvalue weighted by Crippen LogP contribution is 2.43. The minimum atomic E-state index is -0.604. The van der Waals surface area contributed by atoms with Gasteiger partial charge in [-0.3, -0.25) is 0 Å². The number of hydrogen-bond acceptors (Lipinski definition) is 2. The maximum Gasteiger partial charge on any atom is 0.0926 e. The number of benzene rings is 1. The maximum atomic E-state index is 11.2. The van der Waals surface area contributed by atoms with Gasteiger partial charge in [-0.1, -0.05) is 37.6 Å². The molecule has 2 heteroatoms. The SMILES string of the molecule is CCc1cccc(C2(O)CC3CCCC(C2)N3C)c1. The maximum absolute atomic E-state index is 11.2. The number of nitrogens with zero attached hydrogens (tertiary/aromatic N) is 1. The molecular weight excluding hydrogens is 234 g/mol. The second-order valence-electron chi connectivity index (χ2n) is 6.40. The molecule has 1 N–H and O–H groups in total. The van der Waals surface area contributed by atoms with Gasteiger partial charge in [0.25, 0.3) is 0 Å². The molecule has 1 aromatic rings. The molecule has 0 aliphatic carbocycles. The van der Waals surface area contributed by atoms with Crippen LogP contribution in [-0.2, 0) is 12.0 Å². The summed E-state index contributed by atoms with van der Waals surface area (Å²) in [6, 6.07) is 9.69. The number of aliphatic hydroxyl groups is 1. The van der Waals surface area contributed by atoms with Crippen LogP contribution in [0.15, 0.2) is 24.3 Å². The Balaban J connectivity index is 1.90. The average molecular weight is 259 g/mol. The standard InChI is InChI=1S/C17H25NO/c1-3-13-6-4-7-14(10-13)17(19)11-15-8-5-9-16(12-17)18(15)2/h4,6-7,10,15-16,19H,3,5,8-9,11-12H2,1-2H3. The van der Waals surface area contributed by atoms with Crippen LogP contribution < -0.4 is 0 Å². The van der Waals surface area contributed by atoms with E-state index in [9.17, 15) is 5.11 Å². The van der Waals surface area contributed by atoms with Crippen LogP contribution in [0.5, 0.6) is 0 Å². The van der Waals surface area contributed by atoms with Crippen molar-refractivity contribution in [3.63, 3.8) is 0 Å². The quantitative estimate of drug-likeness (QED) is 0.882. The van der Waals surface area contributed by atoms with Gasteiger partial charge in [0.05, 0.1) is 5.60 Å². The van der Waals surface area contributed by atoms with Crippen molar-refractivity contribution in [2.24, 2.45) is 0 Å². The summed E-state index contributed by atoms with van der Waals surface area (Å²) in [7, 11) is 2.23. The Kier molecular flexibility index (Phi) is 3.40. The number of piperidine rings is 2. The highest BCUT2D eigenvalue weighted by molar-refractivity contribution is 5.29. The average Bonchev–Trinajstić information content (AvgIpc) is 2.41. The van der Waals surface area contributed by atoms with Gasteiger partial charge in [0.15, 0.2) is 0 Å². The molecule has 2 bridgehead atoms. The molecule has 2 atom stereocenters. The Bertz CT molecular complexity index is 442. The topological polar surface area (TPSA) is 23.5 Å². The fraction of sp³-hybridized carbons (Fsp3) is 0.647. The highest BCUT2D eigenvalue weighted by atomic mass is 16.3. The lowest BCUT2D eigenvalue weighted by molar-refractivity contribution is -0.0875. The molecule has 2 unspecified atom stereocenters. The molecule has 2 nitrogen and oxygen atoms in total. The van der Waals surface area contributed by atoms with Crippen molar-refractivity contribution in [3.05, 3.63) is 35.4 Å². The van der Waals surface area contributed by atoms with E-state index >= 15 is 0 Å². The summed E-state index contributed by atoms with van der Waals surface area (Å²) in [5, 5.41) is 11.2. The zero-order chi connectivity index (χ0) is 13.5. The van der Waals surface area contributed by atoms with E-state index in [1.165, 1.54) is 24.8 Å². The summed E-state index contributed by atoms with van der Waals surface area (Å²) in [6.45, 7) is 2.17. The molecule has 2 aliphatic heterocycles. The van der Waals surface area contributed by atoms with Crippen molar-refractivity contribution >= 4 is 0 Å². The van der Waals surface area contributed by atoms with Crippen LogP contribution in [0.2, 0.25) is 0 Å². The monoisotopic (exact) mass is 259 g/mol. The van der Waals surface area contributed by atoms with Gasteiger partial charge < -0.3 is 10.0 Å². The number of hydrogen-bond donors (Lipinski definition) is 1. The van der Waals surface area contributed by atoms with Gasteiger partial charge in [-0.15, -0.1) is 0 Å². The van der Waals surface area contributed by atoms with Crippen LogP contribution in [0.4, 0.5) is 0 Å². The van der Waals surface area contributed by atoms with Gasteiger partial charge in [-0.25, -0.2) is 0 Å². The molecule has 1 aromatic carbocycles. The van der Waals surface area contributed by atoms with Crippen LogP contribution >= 0.6 is 0 Å². The lowest BCUT2D eigenvalue weighted by atomic mass is 9.72. The molecule has 2 fully saturated rings. The summed E-state index contributed by atoms with van der Waals surface area (Å²) in [5.74, 6) is 0. The van der Waals surface area contributed by atoms with Crippen molar-refractivity contribution in [2.45, 2.75) is 63.1 Å². The largest absolute Gasteiger partial charge is 0.385 e. The lowest BCUT2D eigenvalue weighted by Gasteiger charge is -2.50. The molecule has 0 amide bonds. The molecule has 19 heavy (non-hydrogen) atoms. The predicted molar refractivity (Wildman–Crippen MR) is 78.1 cm³/mol. The molecule has 104 valence electrons. The van der Waals surface area contributed by atoms with E-state index in [0.717, 1.165) is 24.8 Å². The third kappa shape index (κ3) is 2.32. The van der Waals surface area contributed by atoms with Crippen molar-refractivity contribution < 1.29 is 5.11 Å². The molecule has 2 heterocycles. The molecule has 0 radical (unpaired) electrons. The van der Waals surface area contributed by atoms with E-state index in [1.54, 1.807) is 0 Å². The zero-order valence-electron chi connectivity index (χ0n) is 12.1. The van der Waals surface area contributed by atoms with E-state index in [1.807, 2.05) is 0 Å². The Hall–Kier alpha value is -0.860. The summed E-state index contributed by atoms with van der Waals surface area (Å²) in [5.41, 5.74) is 1.86. The lowest BCUT2D eigenvalue weighted by Crippen LogP contribution is -2.55. The summed E-state index contributed by atoms with van der Waals surface area (Å²) < 4.78 is 0. The van der Waals surface area contributed by atoms with Crippen LogP contribution in [0.3, 0.4) is 0 Å². The Morgan fingerprint density at radius 3 is 2.58 bits per heavy atom. The molecule has 2 aliphatic rings. The Morgan fingerprint density at radius 1 is 1.26 bits per heavy atom. The first-order chi connectivity index (χ1) is 9.12. The van der Waals surface area contributed by atoms with Crippen LogP contribution in [0, 0.1) is 0 Å². The predicted octanol–water partition coefficient (Wildman–Crippen LogP) is 3.08. The van der Waals surface area contributed by atoms with E-state index < -0.39 is 5.60 Å². The second kappa shape index (κ2) is 4.92. The van der Waals surface area contributed by atoms with E-state index in [-0.39, 0.29) is 0 Å². The van der Waals surface area contributed by atoms with Gasteiger partial charge in [0, 0.05) is 12.1 Å². The summed E-state index contributed by atoms with van der Waals surface area (Å²) in [4.78, 5) is 2.50. The molecule has 0 spiro atoms. The van der Waals surface area contributed by atoms with Gasteiger partial charge in [0.2, 0.25) is 0 Å². The van der Waals surface area contributed by atoms with E-state index in [0.29, 0.717) is 12.1 Å². The van der Waals surface area contributed by atoms with Crippen LogP contribution in [0.25, 0.3) is 0 Å². The fourth-order valence-corrected chi connectivity index (χ4v) is 3.97. The fourth-order valence-electron chi connectivity index (χ4n) is 3.97. The minimum absolute atomic E-state index is 0.558. The summed E-state index contributed by atoms with van der Waals surface area (Å²) >= 11 is 0. The first-order valence-corrected chi connectivity index (χ1v) is 7.66. The van der Waals surface area contributed by atoms with Crippen molar-refractivity contribution in [3.8, 4) is 0 Å². The van der Waals surface area contributed by atoms with Gasteiger partial charge in [-0.05, 0) is 50.3 Å². The van der Waals surface area contributed by atoms with Gasteiger partial charge in [-0.2, -0.15) is 0 Å². The molecular formula is C17H25NO. The van der Waals surface area contributed by atoms with Crippen LogP contribution in [-0.4, -0.2) is 29.1 Å². The Labute approximate surface area is 116 Å². The second-order valence-corrected chi connectivity index (χ2v) is 6.40. The molecule has 0 saturated carbocycles. The zero-order valence-corrected chi connectivity index (χ0v) is 12.1. The molecule has 3 rings (SSSR count). The first kappa shape index (κ1) is 13.1. The summed E-state index contributed by atoms with van der Waals surface area (Å²) in [6.07, 6.45) is 6.63. The normalized spacial score (nSPS) is 35.3. The van der Waals surface area contributed by atoms with Crippen molar-refractivity contribution in [2.75, 3.05) is 7.05 Å². The number of fused-ring (bicyclic) bond motifs is 2. The van der Waals surface area contributed by atoms with E-state index in [4.69, 9.17) is 0 Å². The highest BCUT2D eigenvalue weighted by Gasteiger charge is 2.44. The Morgan fingerprint density at radius 2 is 1.95 bits per heavy atom. The van der Waals surface area contributed by atoms with Gasteiger partial charge >= 0.3 is 0 Å². The number of aryl methyl sites for hydroxylation is 1. The third-order valence-corrected chi connectivity index (χ3v) is 5.25. The first-order valence-electron chi connectivity index (χ1n) is 7.66. The molecule has 0 aromatic heterocycles. The van der Waals surface area contributed by atoms with E-state index in [2.05, 4.69) is 43.1 Å². The minimum Gasteiger partial charge on any atom is -0.385 e. The molecule has 2 saturated heterocycles. The van der Waals surface area contributed by atoms with Gasteiger partial charge in [0.1, 0.15) is 0 Å². The smallest absolute Gasteiger partial charge is 0.0926 e. The number of rotatable bonds is 2. The van der Waals surface area contributed by atoms with Crippen molar-refractivity contribution in [1.82, 2.24) is 4.90 Å². The van der Waals surface area contributed by atoms with Crippen molar-refractivity contribution in [1.29, 1.82) is 0 Å². The third-order valence-electron chi connectivity index (χ3n) is 5.25.